The largest absolute Gasteiger partial charge is 0.409 e. The molecular formula is C13H18F2N4O. The summed E-state index contributed by atoms with van der Waals surface area (Å²) in [6.07, 6.45) is 0. The van der Waals surface area contributed by atoms with E-state index < -0.39 is 11.6 Å². The molecule has 0 aliphatic carbocycles. The van der Waals surface area contributed by atoms with Crippen LogP contribution in [0, 0.1) is 11.6 Å². The summed E-state index contributed by atoms with van der Waals surface area (Å²) >= 11 is 0. The number of amidine groups is 1. The maximum absolute atomic E-state index is 14.1. The maximum Gasteiger partial charge on any atom is 0.170 e. The Hall–Kier alpha value is -1.89. The number of piperazine rings is 1. The molecule has 2 rings (SSSR count). The standard InChI is InChI=1S/C13H18F2N4O/c1-2-18-3-5-19(6-4-18)12-10(14)7-9(8-11(12)15)13(16)17-20/h7-8,20H,2-6H2,1H3,(H2,16,17). The van der Waals surface area contributed by atoms with Crippen molar-refractivity contribution in [1.82, 2.24) is 4.90 Å². The highest BCUT2D eigenvalue weighted by Gasteiger charge is 2.22. The lowest BCUT2D eigenvalue weighted by atomic mass is 10.1. The first-order valence-corrected chi connectivity index (χ1v) is 6.51. The summed E-state index contributed by atoms with van der Waals surface area (Å²) in [4.78, 5) is 3.91. The van der Waals surface area contributed by atoms with Crippen molar-refractivity contribution in [3.63, 3.8) is 0 Å². The van der Waals surface area contributed by atoms with Crippen molar-refractivity contribution >= 4 is 11.5 Å². The van der Waals surface area contributed by atoms with Gasteiger partial charge in [0.1, 0.15) is 17.3 Å². The molecule has 0 aromatic heterocycles. The second-order valence-corrected chi connectivity index (χ2v) is 4.70. The average Bonchev–Trinajstić information content (AvgIpc) is 2.46. The second kappa shape index (κ2) is 6.04. The smallest absolute Gasteiger partial charge is 0.170 e. The number of likely N-dealkylation sites (N-methyl/N-ethyl adjacent to an activating group) is 1. The van der Waals surface area contributed by atoms with E-state index in [9.17, 15) is 8.78 Å². The summed E-state index contributed by atoms with van der Waals surface area (Å²) in [7, 11) is 0. The van der Waals surface area contributed by atoms with E-state index in [0.717, 1.165) is 31.8 Å². The number of hydrogen-bond donors (Lipinski definition) is 2. The number of nitrogens with two attached hydrogens (primary N) is 1. The van der Waals surface area contributed by atoms with Gasteiger partial charge in [-0.15, -0.1) is 0 Å². The Balaban J connectivity index is 2.25. The first kappa shape index (κ1) is 14.5. The van der Waals surface area contributed by atoms with Gasteiger partial charge in [0.25, 0.3) is 0 Å². The highest BCUT2D eigenvalue weighted by molar-refractivity contribution is 5.97. The lowest BCUT2D eigenvalue weighted by Crippen LogP contribution is -2.46. The average molecular weight is 284 g/mol. The van der Waals surface area contributed by atoms with Gasteiger partial charge in [-0.25, -0.2) is 8.78 Å². The molecular weight excluding hydrogens is 266 g/mol. The van der Waals surface area contributed by atoms with Crippen LogP contribution in [0.3, 0.4) is 0 Å². The minimum absolute atomic E-state index is 0.0263. The zero-order chi connectivity index (χ0) is 14.7. The quantitative estimate of drug-likeness (QED) is 0.379. The summed E-state index contributed by atoms with van der Waals surface area (Å²) in [5, 5.41) is 11.3. The molecule has 1 aromatic carbocycles. The van der Waals surface area contributed by atoms with Gasteiger partial charge in [0.15, 0.2) is 5.84 Å². The monoisotopic (exact) mass is 284 g/mol. The predicted molar refractivity (Wildman–Crippen MR) is 73.2 cm³/mol. The van der Waals surface area contributed by atoms with Gasteiger partial charge in [-0.3, -0.25) is 0 Å². The number of halogens is 2. The van der Waals surface area contributed by atoms with Crippen LogP contribution in [-0.4, -0.2) is 48.7 Å². The van der Waals surface area contributed by atoms with Crippen molar-refractivity contribution in [3.8, 4) is 0 Å². The van der Waals surface area contributed by atoms with Crippen molar-refractivity contribution in [2.45, 2.75) is 6.92 Å². The molecule has 0 unspecified atom stereocenters. The maximum atomic E-state index is 14.1. The Labute approximate surface area is 116 Å². The molecule has 1 aromatic rings. The lowest BCUT2D eigenvalue weighted by Gasteiger charge is -2.35. The van der Waals surface area contributed by atoms with Crippen molar-refractivity contribution < 1.29 is 14.0 Å². The Morgan fingerprint density at radius 2 is 1.80 bits per heavy atom. The fraction of sp³-hybridized carbons (Fsp3) is 0.462. The summed E-state index contributed by atoms with van der Waals surface area (Å²) in [5.74, 6) is -1.71. The number of anilines is 1. The third-order valence-corrected chi connectivity index (χ3v) is 3.56. The van der Waals surface area contributed by atoms with Gasteiger partial charge < -0.3 is 20.7 Å². The Kier molecular flexibility index (Phi) is 4.39. The normalized spacial score (nSPS) is 17.6. The molecule has 1 saturated heterocycles. The number of nitrogens with zero attached hydrogens (tertiary/aromatic N) is 3. The molecule has 0 amide bonds. The lowest BCUT2D eigenvalue weighted by molar-refractivity contribution is 0.269. The molecule has 0 saturated carbocycles. The van der Waals surface area contributed by atoms with Crippen LogP contribution in [0.25, 0.3) is 0 Å². The molecule has 7 heteroatoms. The fourth-order valence-corrected chi connectivity index (χ4v) is 2.36. The van der Waals surface area contributed by atoms with E-state index in [0.29, 0.717) is 13.1 Å². The van der Waals surface area contributed by atoms with Gasteiger partial charge in [-0.1, -0.05) is 12.1 Å². The number of oxime groups is 1. The van der Waals surface area contributed by atoms with Gasteiger partial charge in [0.05, 0.1) is 0 Å². The molecule has 5 nitrogen and oxygen atoms in total. The van der Waals surface area contributed by atoms with E-state index in [-0.39, 0.29) is 17.1 Å². The number of rotatable bonds is 3. The van der Waals surface area contributed by atoms with Crippen molar-refractivity contribution in [1.29, 1.82) is 0 Å². The van der Waals surface area contributed by atoms with Crippen LogP contribution in [0.2, 0.25) is 0 Å². The SMILES string of the molecule is CCN1CCN(c2c(F)cc(C(N)=NO)cc2F)CC1. The van der Waals surface area contributed by atoms with Gasteiger partial charge in [0.2, 0.25) is 0 Å². The minimum Gasteiger partial charge on any atom is -0.409 e. The van der Waals surface area contributed by atoms with E-state index in [1.165, 1.54) is 0 Å². The Morgan fingerprint density at radius 1 is 1.25 bits per heavy atom. The summed E-state index contributed by atoms with van der Waals surface area (Å²) in [5.41, 5.74) is 5.32. The first-order chi connectivity index (χ1) is 9.56. The summed E-state index contributed by atoms with van der Waals surface area (Å²) in [6.45, 7) is 5.69. The molecule has 1 aliphatic rings. The molecule has 0 spiro atoms. The van der Waals surface area contributed by atoms with Crippen LogP contribution in [-0.2, 0) is 0 Å². The second-order valence-electron chi connectivity index (χ2n) is 4.70. The van der Waals surface area contributed by atoms with Gasteiger partial charge in [-0.05, 0) is 18.7 Å². The molecule has 1 heterocycles. The molecule has 0 bridgehead atoms. The minimum atomic E-state index is -0.698. The highest BCUT2D eigenvalue weighted by atomic mass is 19.1. The van der Waals surface area contributed by atoms with Crippen molar-refractivity contribution in [2.75, 3.05) is 37.6 Å². The third-order valence-electron chi connectivity index (χ3n) is 3.56. The Morgan fingerprint density at radius 3 is 2.25 bits per heavy atom. The van der Waals surface area contributed by atoms with Crippen molar-refractivity contribution in [2.24, 2.45) is 10.9 Å². The van der Waals surface area contributed by atoms with Crippen LogP contribution >= 0.6 is 0 Å². The molecule has 1 aliphatic heterocycles. The van der Waals surface area contributed by atoms with E-state index in [1.54, 1.807) is 4.90 Å². The van der Waals surface area contributed by atoms with Crippen LogP contribution in [0.5, 0.6) is 0 Å². The van der Waals surface area contributed by atoms with Crippen LogP contribution < -0.4 is 10.6 Å². The zero-order valence-corrected chi connectivity index (χ0v) is 11.3. The fourth-order valence-electron chi connectivity index (χ4n) is 2.36. The summed E-state index contributed by atoms with van der Waals surface area (Å²) < 4.78 is 28.2. The van der Waals surface area contributed by atoms with E-state index >= 15 is 0 Å². The van der Waals surface area contributed by atoms with Crippen molar-refractivity contribution in [3.05, 3.63) is 29.3 Å². The van der Waals surface area contributed by atoms with E-state index in [2.05, 4.69) is 17.0 Å². The number of benzene rings is 1. The van der Waals surface area contributed by atoms with E-state index in [1.807, 2.05) is 0 Å². The summed E-state index contributed by atoms with van der Waals surface area (Å²) in [6, 6.07) is 2.17. The van der Waals surface area contributed by atoms with Crippen LogP contribution in [0.4, 0.5) is 14.5 Å². The highest BCUT2D eigenvalue weighted by Crippen LogP contribution is 2.26. The zero-order valence-electron chi connectivity index (χ0n) is 11.3. The van der Waals surface area contributed by atoms with Gasteiger partial charge in [-0.2, -0.15) is 0 Å². The van der Waals surface area contributed by atoms with Gasteiger partial charge in [0, 0.05) is 31.7 Å². The molecule has 110 valence electrons. The van der Waals surface area contributed by atoms with Gasteiger partial charge >= 0.3 is 0 Å². The molecule has 1 fully saturated rings. The Bertz CT molecular complexity index is 490. The third kappa shape index (κ3) is 2.82. The molecule has 20 heavy (non-hydrogen) atoms. The first-order valence-electron chi connectivity index (χ1n) is 6.51. The predicted octanol–water partition coefficient (Wildman–Crippen LogP) is 1.20. The number of hydrogen-bond acceptors (Lipinski definition) is 4. The van der Waals surface area contributed by atoms with E-state index in [4.69, 9.17) is 10.9 Å². The molecule has 0 atom stereocenters. The molecule has 3 N–H and O–H groups in total. The van der Waals surface area contributed by atoms with Crippen LogP contribution in [0.15, 0.2) is 17.3 Å². The molecule has 0 radical (unpaired) electrons. The van der Waals surface area contributed by atoms with Crippen LogP contribution in [0.1, 0.15) is 12.5 Å². The topological polar surface area (TPSA) is 65.1 Å².